The molecule has 97 valence electrons. The van der Waals surface area contributed by atoms with E-state index in [1.807, 2.05) is 0 Å². The van der Waals surface area contributed by atoms with Crippen LogP contribution in [0.2, 0.25) is 0 Å². The van der Waals surface area contributed by atoms with Gasteiger partial charge in [0.25, 0.3) is 0 Å². The summed E-state index contributed by atoms with van der Waals surface area (Å²) < 4.78 is 21.2. The molecule has 0 aromatic carbocycles. The summed E-state index contributed by atoms with van der Waals surface area (Å²) in [5, 5.41) is 0. The monoisotopic (exact) mass is 298 g/mol. The van der Waals surface area contributed by atoms with Gasteiger partial charge in [0, 0.05) is 48.4 Å². The van der Waals surface area contributed by atoms with Crippen LogP contribution >= 0.6 is 7.60 Å². The third kappa shape index (κ3) is 11.8. The molecule has 1 fully saturated rings. The molecule has 3 unspecified atom stereocenters. The summed E-state index contributed by atoms with van der Waals surface area (Å²) in [7, 11) is -4.19. The van der Waals surface area contributed by atoms with Crippen LogP contribution in [-0.2, 0) is 14.0 Å². The zero-order valence-electron chi connectivity index (χ0n) is 11.2. The van der Waals surface area contributed by atoms with E-state index < -0.39 is 7.60 Å². The molecular weight excluding hydrogens is 279 g/mol. The van der Waals surface area contributed by atoms with Crippen molar-refractivity contribution >= 4 is 37.2 Å². The number of hydrogen-bond donors (Lipinski definition) is 2. The van der Waals surface area contributed by atoms with Gasteiger partial charge in [0.15, 0.2) is 6.29 Å². The molecule has 18 heavy (non-hydrogen) atoms. The molecule has 9 heteroatoms. The Bertz CT molecular complexity index is 247. The molecule has 1 aliphatic rings. The first-order valence-corrected chi connectivity index (χ1v) is 7.25. The molecule has 0 aromatic heterocycles. The first kappa shape index (κ1) is 22.3. The fraction of sp³-hybridized carbons (Fsp3) is 1.00. The predicted molar refractivity (Wildman–Crippen MR) is 62.6 cm³/mol. The molecule has 1 aliphatic heterocycles. The van der Waals surface area contributed by atoms with Gasteiger partial charge in [-0.1, -0.05) is 0 Å². The van der Waals surface area contributed by atoms with Gasteiger partial charge in [0.05, 0.1) is 6.61 Å². The van der Waals surface area contributed by atoms with Crippen molar-refractivity contribution < 1.29 is 53.4 Å². The topological polar surface area (TPSA) is 105 Å². The largest absolute Gasteiger partial charge is 1.00 e. The minimum Gasteiger partial charge on any atom is -0.779 e. The third-order valence-electron chi connectivity index (χ3n) is 2.42. The number of rotatable bonds is 6. The fourth-order valence-corrected chi connectivity index (χ4v) is 2.14. The van der Waals surface area contributed by atoms with Crippen LogP contribution < -0.4 is 40.2 Å². The molecule has 1 heterocycles. The molecule has 0 aromatic rings. The van der Waals surface area contributed by atoms with Gasteiger partial charge in [0.1, 0.15) is 7.60 Å². The minimum absolute atomic E-state index is 0. The summed E-state index contributed by atoms with van der Waals surface area (Å²) in [6.07, 6.45) is 2.66. The van der Waals surface area contributed by atoms with Gasteiger partial charge in [-0.15, -0.1) is 0 Å². The van der Waals surface area contributed by atoms with Gasteiger partial charge in [-0.3, -0.25) is 0 Å². The Morgan fingerprint density at radius 2 is 2.22 bits per heavy atom. The van der Waals surface area contributed by atoms with Crippen molar-refractivity contribution in [1.82, 2.24) is 0 Å². The van der Waals surface area contributed by atoms with E-state index in [0.717, 1.165) is 19.3 Å². The van der Waals surface area contributed by atoms with Crippen LogP contribution in [-0.4, -0.2) is 66.2 Å². The average molecular weight is 298 g/mol. The Hall–Kier alpha value is 2.03. The molecule has 3 N–H and O–H groups in total. The van der Waals surface area contributed by atoms with Crippen LogP contribution in [0.15, 0.2) is 0 Å². The van der Waals surface area contributed by atoms with E-state index in [9.17, 15) is 9.46 Å². The van der Waals surface area contributed by atoms with Crippen LogP contribution in [0.1, 0.15) is 25.7 Å². The fourth-order valence-electron chi connectivity index (χ4n) is 1.49. The number of nitrogens with two attached hydrogens (primary N) is 1. The van der Waals surface area contributed by atoms with Crippen molar-refractivity contribution in [3.05, 3.63) is 0 Å². The molecule has 6 nitrogen and oxygen atoms in total. The van der Waals surface area contributed by atoms with E-state index in [2.05, 4.69) is 0 Å². The van der Waals surface area contributed by atoms with Crippen LogP contribution in [0, 0.1) is 0 Å². The second-order valence-electron chi connectivity index (χ2n) is 4.04. The predicted octanol–water partition coefficient (Wildman–Crippen LogP) is -3.58. The minimum atomic E-state index is -4.19. The van der Waals surface area contributed by atoms with Gasteiger partial charge in [-0.2, -0.15) is 0 Å². The van der Waals surface area contributed by atoms with E-state index in [1.165, 1.54) is 0 Å². The van der Waals surface area contributed by atoms with Crippen LogP contribution in [0.25, 0.3) is 0 Å². The van der Waals surface area contributed by atoms with E-state index in [4.69, 9.17) is 20.1 Å². The van der Waals surface area contributed by atoms with E-state index in [-0.39, 0.29) is 90.6 Å². The zero-order chi connectivity index (χ0) is 12.0. The zero-order valence-corrected chi connectivity index (χ0v) is 16.1. The van der Waals surface area contributed by atoms with E-state index in [1.54, 1.807) is 0 Å². The van der Waals surface area contributed by atoms with Crippen molar-refractivity contribution in [1.29, 1.82) is 0 Å². The number of ether oxygens (including phenoxy) is 2. The maximum atomic E-state index is 10.5. The molecular formula is C9H19NNa2O5P. The first-order chi connectivity index (χ1) is 7.47. The Balaban J connectivity index is 0. The van der Waals surface area contributed by atoms with E-state index >= 15 is 0 Å². The van der Waals surface area contributed by atoms with E-state index in [0.29, 0.717) is 6.61 Å². The summed E-state index contributed by atoms with van der Waals surface area (Å²) in [6, 6.07) is -0.389. The van der Waals surface area contributed by atoms with Gasteiger partial charge in [-0.25, -0.2) is 0 Å². The van der Waals surface area contributed by atoms with Gasteiger partial charge in [-0.05, 0) is 25.7 Å². The van der Waals surface area contributed by atoms with Gasteiger partial charge < -0.3 is 29.6 Å². The maximum absolute atomic E-state index is 10.5. The van der Waals surface area contributed by atoms with Gasteiger partial charge >= 0.3 is 29.6 Å². The second kappa shape index (κ2) is 11.7. The SMILES string of the molecule is NC(CCP(=O)([O-])O)COC1CCCCO1.[Na+].[Na]. The Labute approximate surface area is 152 Å². The smallest absolute Gasteiger partial charge is 0.779 e. The van der Waals surface area contributed by atoms with Crippen molar-refractivity contribution in [3.8, 4) is 0 Å². The standard InChI is InChI=1S/C9H20NO5P.2Na/c10-8(4-6-16(11,12)13)7-15-9-3-1-2-5-14-9;;/h8-9H,1-7,10H2,(H2,11,12,13);;/q;;+1/p-1. The first-order valence-electron chi connectivity index (χ1n) is 5.49. The summed E-state index contributed by atoms with van der Waals surface area (Å²) >= 11 is 0. The molecule has 0 amide bonds. The Morgan fingerprint density at radius 1 is 1.56 bits per heavy atom. The molecule has 0 saturated carbocycles. The average Bonchev–Trinajstić information content (AvgIpc) is 2.24. The Morgan fingerprint density at radius 3 is 2.72 bits per heavy atom. The summed E-state index contributed by atoms with van der Waals surface area (Å²) in [6.45, 7) is 0.955. The normalized spacial score (nSPS) is 24.3. The van der Waals surface area contributed by atoms with Crippen molar-refractivity contribution in [2.45, 2.75) is 38.0 Å². The van der Waals surface area contributed by atoms with Crippen molar-refractivity contribution in [2.24, 2.45) is 5.73 Å². The van der Waals surface area contributed by atoms with Crippen LogP contribution in [0.3, 0.4) is 0 Å². The molecule has 1 saturated heterocycles. The molecule has 3 atom stereocenters. The molecule has 0 bridgehead atoms. The summed E-state index contributed by atoms with van der Waals surface area (Å²) in [5.74, 6) is 0. The molecule has 1 rings (SSSR count). The third-order valence-corrected chi connectivity index (χ3v) is 3.24. The quantitative estimate of drug-likeness (QED) is 0.388. The molecule has 0 aliphatic carbocycles. The molecule has 0 spiro atoms. The van der Waals surface area contributed by atoms with Crippen LogP contribution in [0.4, 0.5) is 0 Å². The molecule has 1 radical (unpaired) electrons. The Kier molecular flexibility index (Phi) is 14.5. The van der Waals surface area contributed by atoms with Gasteiger partial charge in [0.2, 0.25) is 0 Å². The van der Waals surface area contributed by atoms with Crippen molar-refractivity contribution in [2.75, 3.05) is 19.4 Å². The van der Waals surface area contributed by atoms with Crippen molar-refractivity contribution in [3.63, 3.8) is 0 Å². The van der Waals surface area contributed by atoms with Crippen LogP contribution in [0.5, 0.6) is 0 Å². The number of hydrogen-bond acceptors (Lipinski definition) is 5. The second-order valence-corrected chi connectivity index (χ2v) is 5.76. The maximum Gasteiger partial charge on any atom is 1.00 e. The summed E-state index contributed by atoms with van der Waals surface area (Å²) in [4.78, 5) is 19.1. The summed E-state index contributed by atoms with van der Waals surface area (Å²) in [5.41, 5.74) is 5.65.